The molecule has 0 spiro atoms. The van der Waals surface area contributed by atoms with E-state index in [4.69, 9.17) is 18.9 Å². The van der Waals surface area contributed by atoms with E-state index < -0.39 is 47.2 Å². The van der Waals surface area contributed by atoms with Gasteiger partial charge in [-0.2, -0.15) is 4.39 Å². The zero-order valence-corrected chi connectivity index (χ0v) is 22.3. The van der Waals surface area contributed by atoms with Crippen LogP contribution in [0.5, 0.6) is 11.5 Å². The second-order valence-corrected chi connectivity index (χ2v) is 9.51. The Morgan fingerprint density at radius 1 is 0.854 bits per heavy atom. The van der Waals surface area contributed by atoms with E-state index in [0.717, 1.165) is 16.7 Å². The van der Waals surface area contributed by atoms with Crippen LogP contribution in [0.25, 0.3) is 0 Å². The van der Waals surface area contributed by atoms with Crippen molar-refractivity contribution in [1.82, 2.24) is 9.55 Å². The lowest BCUT2D eigenvalue weighted by Crippen LogP contribution is -2.40. The zero-order valence-electron chi connectivity index (χ0n) is 22.3. The smallest absolute Gasteiger partial charge is 0.330 e. The highest BCUT2D eigenvalue weighted by atomic mass is 19.1. The van der Waals surface area contributed by atoms with Crippen LogP contribution < -0.4 is 20.7 Å². The first-order valence-electron chi connectivity index (χ1n) is 12.8. The second-order valence-electron chi connectivity index (χ2n) is 9.51. The van der Waals surface area contributed by atoms with Gasteiger partial charge in [-0.05, 0) is 41.0 Å². The first kappa shape index (κ1) is 28.2. The molecule has 0 bridgehead atoms. The molecule has 0 radical (unpaired) electrons. The molecule has 214 valence electrons. The highest BCUT2D eigenvalue weighted by molar-refractivity contribution is 5.49. The van der Waals surface area contributed by atoms with E-state index in [9.17, 15) is 24.2 Å². The molecule has 41 heavy (non-hydrogen) atoms. The molecule has 0 unspecified atom stereocenters. The lowest BCUT2D eigenvalue weighted by atomic mass is 9.80. The molecule has 1 aliphatic heterocycles. The molecule has 1 fully saturated rings. The molecule has 2 heterocycles. The number of aromatic amines is 1. The highest BCUT2D eigenvalue weighted by Crippen LogP contribution is 2.42. The van der Waals surface area contributed by atoms with E-state index >= 15 is 0 Å². The maximum atomic E-state index is 14.0. The maximum Gasteiger partial charge on any atom is 0.330 e. The lowest BCUT2D eigenvalue weighted by Gasteiger charge is -2.37. The Kier molecular flexibility index (Phi) is 8.04. The number of hydrogen-bond acceptors (Lipinski definition) is 8. The number of halogens is 1. The van der Waals surface area contributed by atoms with Gasteiger partial charge in [0.25, 0.3) is 5.56 Å². The summed E-state index contributed by atoms with van der Waals surface area (Å²) in [6.07, 6.45) is -5.07. The minimum Gasteiger partial charge on any atom is -0.497 e. The van der Waals surface area contributed by atoms with Gasteiger partial charge in [-0.25, -0.2) is 4.79 Å². The van der Waals surface area contributed by atoms with Crippen LogP contribution in [0.3, 0.4) is 0 Å². The van der Waals surface area contributed by atoms with Crippen molar-refractivity contribution in [3.05, 3.63) is 128 Å². The molecule has 4 atom stereocenters. The first-order valence-corrected chi connectivity index (χ1v) is 12.8. The number of methoxy groups -OCH3 is 2. The largest absolute Gasteiger partial charge is 0.497 e. The Balaban J connectivity index is 1.56. The van der Waals surface area contributed by atoms with Gasteiger partial charge >= 0.3 is 5.69 Å². The minimum absolute atomic E-state index is 0.248. The van der Waals surface area contributed by atoms with Crippen molar-refractivity contribution in [3.63, 3.8) is 0 Å². The van der Waals surface area contributed by atoms with Crippen molar-refractivity contribution in [2.45, 2.75) is 30.1 Å². The van der Waals surface area contributed by atoms with Gasteiger partial charge in [0.15, 0.2) is 6.23 Å². The average molecular weight is 565 g/mol. The molecular weight excluding hydrogens is 535 g/mol. The average Bonchev–Trinajstić information content (AvgIpc) is 3.29. The van der Waals surface area contributed by atoms with Crippen LogP contribution in [0.15, 0.2) is 94.6 Å². The van der Waals surface area contributed by atoms with E-state index in [-0.39, 0.29) is 6.61 Å². The number of benzene rings is 3. The Bertz CT molecular complexity index is 1540. The van der Waals surface area contributed by atoms with E-state index in [1.165, 1.54) is 0 Å². The van der Waals surface area contributed by atoms with Crippen LogP contribution in [0.4, 0.5) is 4.39 Å². The number of ether oxygens (including phenoxy) is 4. The standard InChI is InChI=1S/C30H29FN2O8/c1-38-21-12-8-19(9-13-21)30(18-6-4-3-5-7-18,20-10-14-22(39-2)15-11-20)40-17-24-25(34)26(35)28(41-24)33-16-23(31)27(36)32-29(33)37/h3-16,24-26,28,34-35H,17H2,1-2H3,(H,32,36,37)/t24-,25-,26-,28-/m1/s1. The minimum atomic E-state index is -1.61. The number of aliphatic hydroxyl groups is 2. The van der Waals surface area contributed by atoms with Crippen LogP contribution >= 0.6 is 0 Å². The van der Waals surface area contributed by atoms with Crippen molar-refractivity contribution in [1.29, 1.82) is 0 Å². The van der Waals surface area contributed by atoms with Crippen LogP contribution in [0.2, 0.25) is 0 Å². The molecule has 10 nitrogen and oxygen atoms in total. The van der Waals surface area contributed by atoms with Gasteiger partial charge in [-0.1, -0.05) is 54.6 Å². The fourth-order valence-corrected chi connectivity index (χ4v) is 5.03. The van der Waals surface area contributed by atoms with Crippen molar-refractivity contribution < 1.29 is 33.6 Å². The summed E-state index contributed by atoms with van der Waals surface area (Å²) in [5.74, 6) is 0.0470. The van der Waals surface area contributed by atoms with E-state index in [1.807, 2.05) is 59.6 Å². The summed E-state index contributed by atoms with van der Waals surface area (Å²) in [5, 5.41) is 21.6. The van der Waals surface area contributed by atoms with Gasteiger partial charge in [-0.3, -0.25) is 14.3 Å². The van der Waals surface area contributed by atoms with Crippen molar-refractivity contribution in [2.75, 3.05) is 20.8 Å². The summed E-state index contributed by atoms with van der Waals surface area (Å²) in [7, 11) is 3.14. The fraction of sp³-hybridized carbons (Fsp3) is 0.267. The molecule has 11 heteroatoms. The monoisotopic (exact) mass is 564 g/mol. The van der Waals surface area contributed by atoms with Gasteiger partial charge in [0.1, 0.15) is 35.4 Å². The molecule has 5 rings (SSSR count). The molecule has 3 N–H and O–H groups in total. The lowest BCUT2D eigenvalue weighted by molar-refractivity contribution is -0.0960. The fourth-order valence-electron chi connectivity index (χ4n) is 5.03. The Hall–Kier alpha value is -4.29. The molecule has 4 aromatic rings. The summed E-state index contributed by atoms with van der Waals surface area (Å²) in [5.41, 5.74) is -1.20. The summed E-state index contributed by atoms with van der Waals surface area (Å²) in [6, 6.07) is 24.1. The zero-order chi connectivity index (χ0) is 29.1. The van der Waals surface area contributed by atoms with E-state index in [1.54, 1.807) is 38.5 Å². The molecule has 0 amide bonds. The SMILES string of the molecule is COc1ccc(C(OC[C@H]2O[C@@H](n3cc(F)c(=O)[nH]c3=O)[C@H](O)[C@@H]2O)(c2ccccc2)c2ccc(OC)cc2)cc1. The van der Waals surface area contributed by atoms with E-state index in [0.29, 0.717) is 22.3 Å². The van der Waals surface area contributed by atoms with Crippen LogP contribution in [0.1, 0.15) is 22.9 Å². The normalized spacial score (nSPS) is 20.6. The van der Waals surface area contributed by atoms with Crippen molar-refractivity contribution >= 4 is 0 Å². The van der Waals surface area contributed by atoms with Gasteiger partial charge in [0, 0.05) is 0 Å². The number of nitrogens with one attached hydrogen (secondary N) is 1. The first-order chi connectivity index (χ1) is 19.8. The third-order valence-electron chi connectivity index (χ3n) is 7.17. The number of aliphatic hydroxyl groups excluding tert-OH is 2. The topological polar surface area (TPSA) is 132 Å². The summed E-state index contributed by atoms with van der Waals surface area (Å²) < 4.78 is 37.9. The van der Waals surface area contributed by atoms with Gasteiger partial charge < -0.3 is 29.2 Å². The number of hydrogen-bond donors (Lipinski definition) is 3. The maximum absolute atomic E-state index is 14.0. The van der Waals surface area contributed by atoms with Gasteiger partial charge in [-0.15, -0.1) is 0 Å². The summed E-state index contributed by atoms with van der Waals surface area (Å²) in [6.45, 7) is -0.248. The molecule has 1 saturated heterocycles. The number of aromatic nitrogens is 2. The van der Waals surface area contributed by atoms with E-state index in [2.05, 4.69) is 0 Å². The third-order valence-corrected chi connectivity index (χ3v) is 7.17. The van der Waals surface area contributed by atoms with Gasteiger partial charge in [0.2, 0.25) is 5.82 Å². The predicted molar refractivity (Wildman–Crippen MR) is 145 cm³/mol. The molecular formula is C30H29FN2O8. The Morgan fingerprint density at radius 2 is 1.39 bits per heavy atom. The molecule has 0 saturated carbocycles. The Morgan fingerprint density at radius 3 is 1.93 bits per heavy atom. The van der Waals surface area contributed by atoms with Gasteiger partial charge in [0.05, 0.1) is 27.0 Å². The number of H-pyrrole nitrogens is 1. The quantitative estimate of drug-likeness (QED) is 0.264. The van der Waals surface area contributed by atoms with Crippen LogP contribution in [-0.2, 0) is 15.1 Å². The third kappa shape index (κ3) is 5.27. The molecule has 1 aliphatic rings. The molecule has 3 aromatic carbocycles. The number of rotatable bonds is 9. The predicted octanol–water partition coefficient (Wildman–Crippen LogP) is 2.32. The van der Waals surface area contributed by atoms with Crippen molar-refractivity contribution in [3.8, 4) is 11.5 Å². The van der Waals surface area contributed by atoms with Crippen LogP contribution in [-0.4, -0.2) is 58.9 Å². The summed E-state index contributed by atoms with van der Waals surface area (Å²) in [4.78, 5) is 25.6. The molecule has 1 aromatic heterocycles. The summed E-state index contributed by atoms with van der Waals surface area (Å²) >= 11 is 0. The second kappa shape index (κ2) is 11.7. The highest BCUT2D eigenvalue weighted by Gasteiger charge is 2.46. The Labute approximate surface area is 234 Å². The van der Waals surface area contributed by atoms with Crippen LogP contribution in [0, 0.1) is 5.82 Å². The number of nitrogens with zero attached hydrogens (tertiary/aromatic N) is 1. The van der Waals surface area contributed by atoms with Crippen molar-refractivity contribution in [2.24, 2.45) is 0 Å². The molecule has 0 aliphatic carbocycles.